The van der Waals surface area contributed by atoms with Gasteiger partial charge in [0, 0.05) is 6.54 Å². The van der Waals surface area contributed by atoms with Crippen molar-refractivity contribution in [3.05, 3.63) is 77.2 Å². The summed E-state index contributed by atoms with van der Waals surface area (Å²) in [6.45, 7) is 0.689. The lowest BCUT2D eigenvalue weighted by atomic mass is 10.1. The van der Waals surface area contributed by atoms with Gasteiger partial charge in [-0.3, -0.25) is 4.79 Å². The third-order valence-electron chi connectivity index (χ3n) is 4.08. The van der Waals surface area contributed by atoms with E-state index in [4.69, 9.17) is 9.47 Å². The van der Waals surface area contributed by atoms with E-state index in [9.17, 15) is 4.79 Å². The molecule has 1 amide bonds. The Hall–Kier alpha value is -2.66. The molecule has 4 nitrogen and oxygen atoms in total. The molecule has 5 heteroatoms. The molecule has 0 aliphatic carbocycles. The second kappa shape index (κ2) is 7.07. The van der Waals surface area contributed by atoms with Crippen LogP contribution in [-0.4, -0.2) is 23.1 Å². The van der Waals surface area contributed by atoms with Crippen molar-refractivity contribution in [2.45, 2.75) is 6.42 Å². The molecular weight excluding hydrogens is 334 g/mol. The number of ether oxygens (including phenoxy) is 2. The number of amides is 1. The van der Waals surface area contributed by atoms with E-state index in [1.54, 1.807) is 11.8 Å². The highest BCUT2D eigenvalue weighted by atomic mass is 32.2. The summed E-state index contributed by atoms with van der Waals surface area (Å²) in [5.41, 5.74) is 2.22. The van der Waals surface area contributed by atoms with E-state index in [1.165, 1.54) is 18.1 Å². The fourth-order valence-corrected chi connectivity index (χ4v) is 3.80. The van der Waals surface area contributed by atoms with E-state index in [2.05, 4.69) is 12.1 Å². The predicted molar refractivity (Wildman–Crippen MR) is 99.1 cm³/mol. The topological polar surface area (TPSA) is 38.8 Å². The first-order chi connectivity index (χ1) is 12.3. The van der Waals surface area contributed by atoms with Crippen molar-refractivity contribution in [2.75, 3.05) is 12.3 Å². The molecular formula is C20H17NO3S. The van der Waals surface area contributed by atoms with Crippen LogP contribution in [0.1, 0.15) is 11.1 Å². The molecule has 2 aromatic carbocycles. The molecule has 0 unspecified atom stereocenters. The maximum atomic E-state index is 12.2. The van der Waals surface area contributed by atoms with Crippen molar-refractivity contribution in [2.24, 2.45) is 0 Å². The van der Waals surface area contributed by atoms with Crippen LogP contribution < -0.4 is 9.47 Å². The summed E-state index contributed by atoms with van der Waals surface area (Å²) in [5, 5.41) is 0.980. The fraction of sp³-hybridized carbons (Fsp3) is 0.150. The van der Waals surface area contributed by atoms with Gasteiger partial charge in [-0.25, -0.2) is 0 Å². The fourth-order valence-electron chi connectivity index (χ4n) is 2.80. The van der Waals surface area contributed by atoms with Crippen molar-refractivity contribution in [3.8, 4) is 11.5 Å². The number of rotatable bonds is 4. The van der Waals surface area contributed by atoms with E-state index < -0.39 is 0 Å². The maximum absolute atomic E-state index is 12.2. The molecule has 0 aromatic heterocycles. The number of thioether (sulfide) groups is 1. The Labute approximate surface area is 150 Å². The third kappa shape index (κ3) is 3.56. The van der Waals surface area contributed by atoms with Crippen LogP contribution in [0.3, 0.4) is 0 Å². The first-order valence-electron chi connectivity index (χ1n) is 8.11. The zero-order valence-electron chi connectivity index (χ0n) is 13.6. The van der Waals surface area contributed by atoms with Gasteiger partial charge in [0.2, 0.25) is 5.91 Å². The minimum atomic E-state index is 0.160. The second-order valence-electron chi connectivity index (χ2n) is 5.77. The Morgan fingerprint density at radius 3 is 2.68 bits per heavy atom. The van der Waals surface area contributed by atoms with Crippen LogP contribution in [0, 0.1) is 0 Å². The van der Waals surface area contributed by atoms with Gasteiger partial charge in [-0.15, -0.1) is 0 Å². The third-order valence-corrected chi connectivity index (χ3v) is 5.11. The van der Waals surface area contributed by atoms with Gasteiger partial charge in [0.05, 0.1) is 10.8 Å². The quantitative estimate of drug-likeness (QED) is 0.833. The lowest BCUT2D eigenvalue weighted by molar-refractivity contribution is -0.125. The van der Waals surface area contributed by atoms with Gasteiger partial charge in [0.25, 0.3) is 0 Å². The van der Waals surface area contributed by atoms with Crippen LogP contribution >= 0.6 is 11.8 Å². The molecule has 4 rings (SSSR count). The van der Waals surface area contributed by atoms with E-state index in [0.29, 0.717) is 23.8 Å². The monoisotopic (exact) mass is 351 g/mol. The smallest absolute Gasteiger partial charge is 0.237 e. The number of benzene rings is 2. The van der Waals surface area contributed by atoms with Crippen LogP contribution in [0.5, 0.6) is 11.5 Å². The Morgan fingerprint density at radius 2 is 1.84 bits per heavy atom. The zero-order valence-corrected chi connectivity index (χ0v) is 14.4. The van der Waals surface area contributed by atoms with Crippen LogP contribution in [0.4, 0.5) is 0 Å². The standard InChI is InChI=1S/C20H17NO3S/c22-19-14-25-20(21(19)9-8-15-4-2-1-3-5-15)13-16-6-7-17-18(12-16)24-11-10-23-17/h1-7,10-13H,8-9,14H2. The van der Waals surface area contributed by atoms with Crippen molar-refractivity contribution in [1.82, 2.24) is 4.90 Å². The normalized spacial score (nSPS) is 17.4. The summed E-state index contributed by atoms with van der Waals surface area (Å²) in [6.07, 6.45) is 5.90. The van der Waals surface area contributed by atoms with Crippen molar-refractivity contribution < 1.29 is 14.3 Å². The average molecular weight is 351 g/mol. The van der Waals surface area contributed by atoms with E-state index in [-0.39, 0.29) is 5.91 Å². The number of carbonyl (C=O) groups excluding carboxylic acids is 1. The highest BCUT2D eigenvalue weighted by Gasteiger charge is 2.26. The summed E-state index contributed by atoms with van der Waals surface area (Å²) >= 11 is 1.58. The first kappa shape index (κ1) is 15.8. The predicted octanol–water partition coefficient (Wildman–Crippen LogP) is 4.05. The van der Waals surface area contributed by atoms with Gasteiger partial charge >= 0.3 is 0 Å². The van der Waals surface area contributed by atoms with Crippen molar-refractivity contribution in [1.29, 1.82) is 0 Å². The summed E-state index contributed by atoms with van der Waals surface area (Å²) in [7, 11) is 0. The van der Waals surface area contributed by atoms with Gasteiger partial charge in [-0.1, -0.05) is 48.2 Å². The SMILES string of the molecule is O=C1CSC(=Cc2ccc3c(c2)OC=CO3)N1CCc1ccccc1. The van der Waals surface area contributed by atoms with Crippen molar-refractivity contribution in [3.63, 3.8) is 0 Å². The van der Waals surface area contributed by atoms with Gasteiger partial charge in [-0.05, 0) is 35.8 Å². The largest absolute Gasteiger partial charge is 0.458 e. The van der Waals surface area contributed by atoms with Gasteiger partial charge in [0.15, 0.2) is 11.5 Å². The van der Waals surface area contributed by atoms with Crippen LogP contribution in [0.25, 0.3) is 6.08 Å². The molecule has 0 radical (unpaired) electrons. The summed E-state index contributed by atoms with van der Waals surface area (Å²) in [5.74, 6) is 2.03. The van der Waals surface area contributed by atoms with Gasteiger partial charge in [-0.2, -0.15) is 0 Å². The summed E-state index contributed by atoms with van der Waals surface area (Å²) < 4.78 is 10.8. The van der Waals surface area contributed by atoms with Crippen molar-refractivity contribution >= 4 is 23.7 Å². The van der Waals surface area contributed by atoms with E-state index in [0.717, 1.165) is 17.0 Å². The van der Waals surface area contributed by atoms with Crippen LogP contribution in [0.15, 0.2) is 66.1 Å². The molecule has 126 valence electrons. The molecule has 0 bridgehead atoms. The number of fused-ring (bicyclic) bond motifs is 1. The molecule has 25 heavy (non-hydrogen) atoms. The van der Waals surface area contributed by atoms with Gasteiger partial charge in [0.1, 0.15) is 12.5 Å². The van der Waals surface area contributed by atoms with Crippen LogP contribution in [-0.2, 0) is 11.2 Å². The Kier molecular flexibility index (Phi) is 4.48. The zero-order chi connectivity index (χ0) is 17.1. The molecule has 1 saturated heterocycles. The first-order valence-corrected chi connectivity index (χ1v) is 9.09. The summed E-state index contributed by atoms with van der Waals surface area (Å²) in [6, 6.07) is 16.0. The molecule has 0 spiro atoms. The molecule has 2 heterocycles. The number of hydrogen-bond acceptors (Lipinski definition) is 4. The van der Waals surface area contributed by atoms with Crippen LogP contribution in [0.2, 0.25) is 0 Å². The Balaban J connectivity index is 1.52. The number of hydrogen-bond donors (Lipinski definition) is 0. The molecule has 0 saturated carbocycles. The lowest BCUT2D eigenvalue weighted by Gasteiger charge is -2.17. The minimum absolute atomic E-state index is 0.160. The number of carbonyl (C=O) groups is 1. The minimum Gasteiger partial charge on any atom is -0.458 e. The van der Waals surface area contributed by atoms with E-state index in [1.807, 2.05) is 47.4 Å². The lowest BCUT2D eigenvalue weighted by Crippen LogP contribution is -2.26. The Morgan fingerprint density at radius 1 is 1.04 bits per heavy atom. The van der Waals surface area contributed by atoms with E-state index >= 15 is 0 Å². The van der Waals surface area contributed by atoms with Gasteiger partial charge < -0.3 is 14.4 Å². The highest BCUT2D eigenvalue weighted by molar-refractivity contribution is 8.04. The Bertz CT molecular complexity index is 845. The molecule has 0 N–H and O–H groups in total. The molecule has 2 aromatic rings. The second-order valence-corrected chi connectivity index (χ2v) is 6.76. The molecule has 1 fully saturated rings. The summed E-state index contributed by atoms with van der Waals surface area (Å²) in [4.78, 5) is 14.1. The molecule has 2 aliphatic heterocycles. The molecule has 2 aliphatic rings. The maximum Gasteiger partial charge on any atom is 0.237 e. The number of nitrogens with zero attached hydrogens (tertiary/aromatic N) is 1. The average Bonchev–Trinajstić information content (AvgIpc) is 3.00. The highest BCUT2D eigenvalue weighted by Crippen LogP contribution is 2.35. The molecule has 0 atom stereocenters.